The minimum Gasteiger partial charge on any atom is -0.469 e. The zero-order valence-corrected chi connectivity index (χ0v) is 31.3. The van der Waals surface area contributed by atoms with Crippen LogP contribution in [0.4, 0.5) is 13.2 Å². The number of aliphatic hydroxyl groups is 1. The van der Waals surface area contributed by atoms with E-state index < -0.39 is 42.0 Å². The molecule has 0 spiro atoms. The Morgan fingerprint density at radius 2 is 1.79 bits per heavy atom. The first-order chi connectivity index (χ1) is 25.1. The monoisotopic (exact) mass is 735 g/mol. The van der Waals surface area contributed by atoms with Crippen LogP contribution in [-0.4, -0.2) is 70.1 Å². The van der Waals surface area contributed by atoms with Gasteiger partial charge in [0.05, 0.1) is 41.7 Å². The lowest BCUT2D eigenvalue weighted by Crippen LogP contribution is -2.55. The average Bonchev–Trinajstić information content (AvgIpc) is 3.79. The third kappa shape index (κ3) is 6.77. The summed E-state index contributed by atoms with van der Waals surface area (Å²) in [7, 11) is 1.31. The van der Waals surface area contributed by atoms with E-state index in [1.807, 2.05) is 33.8 Å². The Morgan fingerprint density at radius 1 is 1.06 bits per heavy atom. The van der Waals surface area contributed by atoms with Gasteiger partial charge >= 0.3 is 12.1 Å². The van der Waals surface area contributed by atoms with Crippen molar-refractivity contribution in [2.24, 2.45) is 27.7 Å². The van der Waals surface area contributed by atoms with Crippen molar-refractivity contribution >= 4 is 41.4 Å². The fourth-order valence-corrected chi connectivity index (χ4v) is 8.36. The number of aromatic amines is 1. The molecule has 1 aromatic heterocycles. The van der Waals surface area contributed by atoms with Gasteiger partial charge in [0.25, 0.3) is 5.91 Å². The van der Waals surface area contributed by atoms with Crippen molar-refractivity contribution in [1.29, 1.82) is 0 Å². The molecule has 5 aliphatic rings. The maximum Gasteiger partial charge on any atom is 0.418 e. The van der Waals surface area contributed by atoms with Crippen LogP contribution in [0.1, 0.15) is 96.8 Å². The maximum atomic E-state index is 14.6. The minimum absolute atomic E-state index is 0.0449. The van der Waals surface area contributed by atoms with Crippen molar-refractivity contribution in [3.63, 3.8) is 0 Å². The highest BCUT2D eigenvalue weighted by molar-refractivity contribution is 6.23. The molecule has 1 fully saturated rings. The number of esters is 1. The Labute approximate surface area is 307 Å². The summed E-state index contributed by atoms with van der Waals surface area (Å²) in [4.78, 5) is 55.8. The number of likely N-dealkylation sites (tertiary alicyclic amines) is 1. The van der Waals surface area contributed by atoms with Crippen LogP contribution in [0.25, 0.3) is 12.2 Å². The van der Waals surface area contributed by atoms with Gasteiger partial charge in [-0.25, -0.2) is 4.99 Å². The topological polar surface area (TPSA) is 136 Å². The number of carbonyl (C=O) groups is 3. The zero-order valence-electron chi connectivity index (χ0n) is 31.3. The number of rotatable bonds is 10. The van der Waals surface area contributed by atoms with E-state index >= 15 is 0 Å². The van der Waals surface area contributed by atoms with Crippen LogP contribution < -0.4 is 16.0 Å². The van der Waals surface area contributed by atoms with Crippen LogP contribution in [0.2, 0.25) is 0 Å². The molecule has 5 aliphatic heterocycles. The number of alkyl halides is 3. The van der Waals surface area contributed by atoms with E-state index in [-0.39, 0.29) is 47.7 Å². The summed E-state index contributed by atoms with van der Waals surface area (Å²) in [5, 5.41) is 14.5. The summed E-state index contributed by atoms with van der Waals surface area (Å²) in [6.07, 6.45) is 1.73. The zero-order chi connectivity index (χ0) is 38.5. The Kier molecular flexibility index (Phi) is 10.6. The van der Waals surface area contributed by atoms with Gasteiger partial charge in [0.1, 0.15) is 0 Å². The molecule has 5 atom stereocenters. The van der Waals surface area contributed by atoms with Gasteiger partial charge in [0.15, 0.2) is 6.10 Å². The second-order valence-electron chi connectivity index (χ2n) is 14.6. The molecule has 13 heteroatoms. The summed E-state index contributed by atoms with van der Waals surface area (Å²) in [5.74, 6) is -2.65. The van der Waals surface area contributed by atoms with Crippen LogP contribution in [-0.2, 0) is 19.1 Å². The predicted octanol–water partition coefficient (Wildman–Crippen LogP) is 5.28. The molecule has 1 aromatic rings. The summed E-state index contributed by atoms with van der Waals surface area (Å²) in [6, 6.07) is -0.730. The number of halogens is 3. The number of methoxy groups -OCH3 is 1. The number of hydrogen-bond donors (Lipinski definition) is 3. The Hall–Kier alpha value is -4.52. The van der Waals surface area contributed by atoms with Crippen molar-refractivity contribution in [3.05, 3.63) is 67.3 Å². The lowest BCUT2D eigenvalue weighted by Gasteiger charge is -2.37. The smallest absolute Gasteiger partial charge is 0.418 e. The molecule has 53 heavy (non-hydrogen) atoms. The first-order valence-electron chi connectivity index (χ1n) is 18.5. The lowest BCUT2D eigenvalue weighted by molar-refractivity contribution is -0.207. The third-order valence-corrected chi connectivity index (χ3v) is 11.5. The van der Waals surface area contributed by atoms with E-state index in [1.165, 1.54) is 25.0 Å². The van der Waals surface area contributed by atoms with Crippen LogP contribution >= 0.6 is 0 Å². The first-order valence-corrected chi connectivity index (χ1v) is 18.5. The molecule has 0 radical (unpaired) electrons. The molecule has 6 rings (SSSR count). The molecule has 6 heterocycles. The molecule has 3 N–H and O–H groups in total. The van der Waals surface area contributed by atoms with Gasteiger partial charge < -0.3 is 20.1 Å². The van der Waals surface area contributed by atoms with Crippen molar-refractivity contribution in [2.75, 3.05) is 13.7 Å². The van der Waals surface area contributed by atoms with E-state index in [2.05, 4.69) is 17.2 Å². The fraction of sp³-hybridized carbons (Fsp3) is 0.525. The number of nitrogens with zero attached hydrogens (tertiary/aromatic N) is 3. The van der Waals surface area contributed by atoms with E-state index in [0.29, 0.717) is 52.3 Å². The van der Waals surface area contributed by atoms with Crippen LogP contribution in [0.15, 0.2) is 55.4 Å². The van der Waals surface area contributed by atoms with Gasteiger partial charge in [-0.3, -0.25) is 24.3 Å². The molecule has 3 unspecified atom stereocenters. The first kappa shape index (κ1) is 38.2. The van der Waals surface area contributed by atoms with Crippen molar-refractivity contribution in [2.45, 2.75) is 105 Å². The van der Waals surface area contributed by atoms with Crippen LogP contribution in [0.5, 0.6) is 0 Å². The number of piperidine rings is 1. The number of ether oxygens (including phenoxy) is 1. The minimum atomic E-state index is -4.94. The molecule has 0 aliphatic carbocycles. The number of fused-ring (bicyclic) bond motifs is 5. The van der Waals surface area contributed by atoms with Gasteiger partial charge in [-0.15, -0.1) is 0 Å². The second kappa shape index (κ2) is 14.7. The molecular formula is C40H48F3N5O5. The molecule has 1 saturated heterocycles. The number of amides is 2. The summed E-state index contributed by atoms with van der Waals surface area (Å²) < 4.78 is 47.4. The van der Waals surface area contributed by atoms with Crippen LogP contribution in [0.3, 0.4) is 0 Å². The number of hydrogen-bond acceptors (Lipinski definition) is 8. The highest BCUT2D eigenvalue weighted by Crippen LogP contribution is 2.45. The average molecular weight is 736 g/mol. The quantitative estimate of drug-likeness (QED) is 0.170. The maximum absolute atomic E-state index is 14.6. The van der Waals surface area contributed by atoms with E-state index in [9.17, 15) is 32.7 Å². The standard InChI is InChI=1S/C40H48F3N5O5/c1-8-10-11-12-15-48-38(51)33-22(6)28-17-29-23(9-2)19(3)25(44-29)18-30-32(37(50)40(41,42)43)21(5)27(45-30)16-26-20(4)24(13-14-31(49)53-7)35(46-26)34(39(48)52)36(33)47-28/h16-18,20,24,33,36-37,45,47,50H,8-15H2,1-7H3/b27-16-,29-17-,30-18-,35-34+/t20-,24-,33?,36?,37?/m0/s1. The largest absolute Gasteiger partial charge is 0.469 e. The highest BCUT2D eigenvalue weighted by Gasteiger charge is 2.52. The van der Waals surface area contributed by atoms with Crippen molar-refractivity contribution in [1.82, 2.24) is 15.2 Å². The SMILES string of the molecule is CCCCCCN1C(=O)/C2=C3N=C(/C=c4\[nH]/c(c(C(O)C(F)(F)F)c4C)=C\C4=NC(=C\C5=C(C)C(C1=O)C2N5)/C(CC)=C4C)[C@@H](C)[C@@H]/3CCC(=O)OC. The molecule has 10 nitrogen and oxygen atoms in total. The Bertz CT molecular complexity index is 2060. The predicted molar refractivity (Wildman–Crippen MR) is 196 cm³/mol. The summed E-state index contributed by atoms with van der Waals surface area (Å²) in [6.45, 7) is 11.5. The highest BCUT2D eigenvalue weighted by atomic mass is 19.4. The van der Waals surface area contributed by atoms with Gasteiger partial charge in [0.2, 0.25) is 5.91 Å². The van der Waals surface area contributed by atoms with E-state index in [4.69, 9.17) is 14.7 Å². The molecule has 8 bridgehead atoms. The van der Waals surface area contributed by atoms with Gasteiger partial charge in [-0.2, -0.15) is 13.2 Å². The Morgan fingerprint density at radius 3 is 2.45 bits per heavy atom. The number of imide groups is 1. The number of aliphatic imine (C=N–C) groups is 2. The lowest BCUT2D eigenvalue weighted by atomic mass is 9.79. The number of nitrogens with one attached hydrogen (secondary N) is 2. The number of allylic oxidation sites excluding steroid dienone is 4. The van der Waals surface area contributed by atoms with Crippen molar-refractivity contribution < 1.29 is 37.4 Å². The number of aliphatic hydroxyl groups excluding tert-OH is 1. The van der Waals surface area contributed by atoms with Crippen molar-refractivity contribution in [3.8, 4) is 0 Å². The van der Waals surface area contributed by atoms with Crippen LogP contribution in [0, 0.1) is 24.7 Å². The Balaban J connectivity index is 1.66. The van der Waals surface area contributed by atoms with Gasteiger partial charge in [-0.05, 0) is 80.5 Å². The van der Waals surface area contributed by atoms with Gasteiger partial charge in [-0.1, -0.05) is 40.0 Å². The molecular weight excluding hydrogens is 687 g/mol. The summed E-state index contributed by atoms with van der Waals surface area (Å²) >= 11 is 0. The molecule has 0 saturated carbocycles. The normalized spacial score (nSPS) is 28.2. The van der Waals surface area contributed by atoms with E-state index in [1.54, 1.807) is 6.08 Å². The summed E-state index contributed by atoms with van der Waals surface area (Å²) in [5.41, 5.74) is 5.23. The molecule has 284 valence electrons. The fourth-order valence-electron chi connectivity index (χ4n) is 8.36. The number of unbranched alkanes of at least 4 members (excludes halogenated alkanes) is 3. The number of carbonyl (C=O) groups excluding carboxylic acids is 3. The van der Waals surface area contributed by atoms with E-state index in [0.717, 1.165) is 36.0 Å². The number of H-pyrrole nitrogens is 1. The second-order valence-corrected chi connectivity index (χ2v) is 14.6. The molecule has 2 amide bonds. The molecule has 0 aromatic carbocycles. The third-order valence-electron chi connectivity index (χ3n) is 11.5. The number of aromatic nitrogens is 1. The van der Waals surface area contributed by atoms with Gasteiger partial charge in [0, 0.05) is 52.5 Å².